The third kappa shape index (κ3) is 2.03. The van der Waals surface area contributed by atoms with E-state index >= 15 is 0 Å². The first-order valence-corrected chi connectivity index (χ1v) is 4.01. The molecule has 0 spiro atoms. The third-order valence-corrected chi connectivity index (χ3v) is 1.83. The Bertz CT molecular complexity index is 307. The molecule has 1 aromatic rings. The van der Waals surface area contributed by atoms with E-state index in [2.05, 4.69) is 4.98 Å². The molecule has 0 aliphatic carbocycles. The lowest BCUT2D eigenvalue weighted by atomic mass is 10.2. The van der Waals surface area contributed by atoms with Crippen molar-refractivity contribution in [1.29, 1.82) is 0 Å². The van der Waals surface area contributed by atoms with Gasteiger partial charge in [-0.05, 0) is 29.3 Å². The van der Waals surface area contributed by atoms with Crippen LogP contribution in [0.1, 0.15) is 12.1 Å². The van der Waals surface area contributed by atoms with Crippen molar-refractivity contribution in [3.63, 3.8) is 0 Å². The van der Waals surface area contributed by atoms with Gasteiger partial charge >= 0.3 is 5.82 Å². The van der Waals surface area contributed by atoms with Crippen LogP contribution in [-0.2, 0) is 13.5 Å². The molecule has 6 nitrogen and oxygen atoms in total. The highest BCUT2D eigenvalue weighted by Crippen LogP contribution is 2.16. The quantitative estimate of drug-likeness (QED) is 0.535. The van der Waals surface area contributed by atoms with Crippen molar-refractivity contribution in [3.8, 4) is 0 Å². The average Bonchev–Trinajstić information content (AvgIpc) is 2.43. The standard InChI is InChI=1S/C7H12N4O2/c1-10-5-9-7(11(12)13)6(10)3-2-4-8/h5H,2-4,8H2,1H3. The Morgan fingerprint density at radius 2 is 2.46 bits per heavy atom. The molecule has 0 aromatic carbocycles. The van der Waals surface area contributed by atoms with Gasteiger partial charge in [-0.1, -0.05) is 0 Å². The summed E-state index contributed by atoms with van der Waals surface area (Å²) in [7, 11) is 1.74. The number of nitrogens with zero attached hydrogens (tertiary/aromatic N) is 3. The first-order chi connectivity index (χ1) is 6.16. The molecule has 1 rings (SSSR count). The SMILES string of the molecule is Cn1cnc([N+](=O)[O-])c1CCCN. The molecular weight excluding hydrogens is 172 g/mol. The summed E-state index contributed by atoms with van der Waals surface area (Å²) in [6, 6.07) is 0. The summed E-state index contributed by atoms with van der Waals surface area (Å²) in [5.74, 6) is -0.0593. The Labute approximate surface area is 75.5 Å². The van der Waals surface area contributed by atoms with Crippen LogP contribution in [0.2, 0.25) is 0 Å². The summed E-state index contributed by atoms with van der Waals surface area (Å²) in [6.07, 6.45) is 2.79. The molecule has 0 amide bonds. The summed E-state index contributed by atoms with van der Waals surface area (Å²) in [6.45, 7) is 0.530. The van der Waals surface area contributed by atoms with Crippen molar-refractivity contribution < 1.29 is 4.92 Å². The van der Waals surface area contributed by atoms with Crippen LogP contribution in [0.3, 0.4) is 0 Å². The van der Waals surface area contributed by atoms with Crippen LogP contribution in [0.25, 0.3) is 0 Å². The van der Waals surface area contributed by atoms with Gasteiger partial charge in [0.25, 0.3) is 0 Å². The molecule has 72 valence electrons. The minimum atomic E-state index is -0.466. The van der Waals surface area contributed by atoms with E-state index < -0.39 is 4.92 Å². The van der Waals surface area contributed by atoms with Crippen molar-refractivity contribution in [3.05, 3.63) is 22.1 Å². The second-order valence-electron chi connectivity index (χ2n) is 2.78. The first-order valence-electron chi connectivity index (χ1n) is 4.01. The fourth-order valence-electron chi connectivity index (χ4n) is 1.15. The van der Waals surface area contributed by atoms with Crippen molar-refractivity contribution in [2.75, 3.05) is 6.54 Å². The molecule has 2 N–H and O–H groups in total. The Morgan fingerprint density at radius 3 is 3.00 bits per heavy atom. The molecular formula is C7H12N4O2. The van der Waals surface area contributed by atoms with E-state index in [1.54, 1.807) is 11.6 Å². The summed E-state index contributed by atoms with van der Waals surface area (Å²) in [5, 5.41) is 10.5. The van der Waals surface area contributed by atoms with E-state index in [1.807, 2.05) is 0 Å². The second-order valence-corrected chi connectivity index (χ2v) is 2.78. The van der Waals surface area contributed by atoms with Gasteiger partial charge in [0.15, 0.2) is 0 Å². The number of nitrogens with two attached hydrogens (primary N) is 1. The molecule has 0 saturated carbocycles. The lowest BCUT2D eigenvalue weighted by Gasteiger charge is -1.99. The number of aryl methyl sites for hydroxylation is 1. The van der Waals surface area contributed by atoms with E-state index in [-0.39, 0.29) is 5.82 Å². The highest BCUT2D eigenvalue weighted by atomic mass is 16.6. The molecule has 0 bridgehead atoms. The van der Waals surface area contributed by atoms with E-state index in [0.29, 0.717) is 18.7 Å². The number of aromatic nitrogens is 2. The molecule has 0 radical (unpaired) electrons. The Morgan fingerprint density at radius 1 is 1.77 bits per heavy atom. The van der Waals surface area contributed by atoms with Crippen LogP contribution in [-0.4, -0.2) is 21.0 Å². The number of hydrogen-bond donors (Lipinski definition) is 1. The predicted molar refractivity (Wildman–Crippen MR) is 47.2 cm³/mol. The molecule has 0 atom stereocenters. The minimum Gasteiger partial charge on any atom is -0.358 e. The normalized spacial score (nSPS) is 10.3. The summed E-state index contributed by atoms with van der Waals surface area (Å²) in [4.78, 5) is 13.7. The van der Waals surface area contributed by atoms with E-state index in [1.165, 1.54) is 6.33 Å². The fraction of sp³-hybridized carbons (Fsp3) is 0.571. The minimum absolute atomic E-state index is 0.0593. The van der Waals surface area contributed by atoms with Gasteiger partial charge in [-0.15, -0.1) is 0 Å². The lowest BCUT2D eigenvalue weighted by molar-refractivity contribution is -0.390. The first kappa shape index (κ1) is 9.66. The van der Waals surface area contributed by atoms with Crippen LogP contribution in [0.15, 0.2) is 6.33 Å². The molecule has 0 unspecified atom stereocenters. The maximum atomic E-state index is 10.5. The van der Waals surface area contributed by atoms with Gasteiger partial charge in [-0.25, -0.2) is 0 Å². The highest BCUT2D eigenvalue weighted by Gasteiger charge is 2.18. The number of nitro groups is 1. The van der Waals surface area contributed by atoms with Crippen molar-refractivity contribution >= 4 is 5.82 Å². The Kier molecular flexibility index (Phi) is 2.97. The lowest BCUT2D eigenvalue weighted by Crippen LogP contribution is -2.05. The van der Waals surface area contributed by atoms with Crippen LogP contribution < -0.4 is 5.73 Å². The Balaban J connectivity index is 2.88. The van der Waals surface area contributed by atoms with Crippen LogP contribution in [0.5, 0.6) is 0 Å². The molecule has 0 aliphatic rings. The van der Waals surface area contributed by atoms with Crippen LogP contribution in [0, 0.1) is 10.1 Å². The van der Waals surface area contributed by atoms with Crippen molar-refractivity contribution in [2.24, 2.45) is 12.8 Å². The molecule has 13 heavy (non-hydrogen) atoms. The third-order valence-electron chi connectivity index (χ3n) is 1.83. The van der Waals surface area contributed by atoms with Crippen LogP contribution in [0.4, 0.5) is 5.82 Å². The predicted octanol–water partition coefficient (Wildman–Crippen LogP) is 0.220. The van der Waals surface area contributed by atoms with Gasteiger partial charge in [-0.3, -0.25) is 0 Å². The van der Waals surface area contributed by atoms with Gasteiger partial charge in [0, 0.05) is 7.05 Å². The zero-order valence-electron chi connectivity index (χ0n) is 7.43. The number of rotatable bonds is 4. The maximum absolute atomic E-state index is 10.5. The zero-order valence-corrected chi connectivity index (χ0v) is 7.43. The molecule has 1 heterocycles. The summed E-state index contributed by atoms with van der Waals surface area (Å²) < 4.78 is 1.66. The van der Waals surface area contributed by atoms with E-state index in [4.69, 9.17) is 5.73 Å². The molecule has 1 aromatic heterocycles. The summed E-state index contributed by atoms with van der Waals surface area (Å²) in [5.41, 5.74) is 5.96. The summed E-state index contributed by atoms with van der Waals surface area (Å²) >= 11 is 0. The maximum Gasteiger partial charge on any atom is 0.384 e. The van der Waals surface area contributed by atoms with Gasteiger partial charge in [0.05, 0.1) is 0 Å². The Hall–Kier alpha value is -1.43. The molecule has 0 fully saturated rings. The topological polar surface area (TPSA) is 87.0 Å². The molecule has 0 aliphatic heterocycles. The largest absolute Gasteiger partial charge is 0.384 e. The second kappa shape index (κ2) is 3.99. The van der Waals surface area contributed by atoms with Gasteiger partial charge in [0.2, 0.25) is 6.33 Å². The highest BCUT2D eigenvalue weighted by molar-refractivity contribution is 5.26. The van der Waals surface area contributed by atoms with Gasteiger partial charge in [-0.2, -0.15) is 0 Å². The van der Waals surface area contributed by atoms with Gasteiger partial charge < -0.3 is 20.4 Å². The average molecular weight is 184 g/mol. The fourth-order valence-corrected chi connectivity index (χ4v) is 1.15. The monoisotopic (exact) mass is 184 g/mol. The van der Waals surface area contributed by atoms with E-state index in [9.17, 15) is 10.1 Å². The zero-order chi connectivity index (χ0) is 9.84. The van der Waals surface area contributed by atoms with E-state index in [0.717, 1.165) is 6.42 Å². The molecule has 0 saturated heterocycles. The smallest absolute Gasteiger partial charge is 0.358 e. The molecule has 6 heteroatoms. The van der Waals surface area contributed by atoms with Crippen molar-refractivity contribution in [2.45, 2.75) is 12.8 Å². The number of hydrogen-bond acceptors (Lipinski definition) is 4. The van der Waals surface area contributed by atoms with Crippen LogP contribution >= 0.6 is 0 Å². The number of imidazole rings is 1. The van der Waals surface area contributed by atoms with Crippen molar-refractivity contribution in [1.82, 2.24) is 9.55 Å². The van der Waals surface area contributed by atoms with Gasteiger partial charge in [0.1, 0.15) is 5.69 Å².